The van der Waals surface area contributed by atoms with Gasteiger partial charge in [-0.1, -0.05) is 20.8 Å². The van der Waals surface area contributed by atoms with Crippen molar-refractivity contribution in [3.8, 4) is 0 Å². The zero-order valence-electron chi connectivity index (χ0n) is 11.7. The summed E-state index contributed by atoms with van der Waals surface area (Å²) in [4.78, 5) is 10.9. The Hall–Kier alpha value is -0.490. The first-order chi connectivity index (χ1) is 8.62. The number of hydrogen-bond donors (Lipinski definition) is 0. The Balaban J connectivity index is 2.67. The number of hydrogen-bond acceptors (Lipinski definition) is 5. The molecule has 0 aromatic rings. The normalized spacial score (nSPS) is 25.9. The fourth-order valence-corrected chi connectivity index (χ4v) is 2.18. The zero-order chi connectivity index (χ0) is 13.6. The van der Waals surface area contributed by atoms with Crippen molar-refractivity contribution < 1.29 is 23.7 Å². The Morgan fingerprint density at radius 3 is 2.56 bits per heavy atom. The predicted octanol–water partition coefficient (Wildman–Crippen LogP) is 1.74. The lowest BCUT2D eigenvalue weighted by Gasteiger charge is -2.29. The molecule has 0 amide bonds. The molecule has 106 valence electrons. The minimum Gasteiger partial charge on any atom is -0.359 e. The molecule has 0 radical (unpaired) electrons. The Kier molecular flexibility index (Phi) is 6.21. The van der Waals surface area contributed by atoms with Gasteiger partial charge in [0.2, 0.25) is 0 Å². The smallest absolute Gasteiger partial charge is 0.168 e. The minimum absolute atomic E-state index is 0.147. The molecule has 18 heavy (non-hydrogen) atoms. The maximum atomic E-state index is 10.9. The number of carbonyl (C=O) groups is 1. The van der Waals surface area contributed by atoms with Crippen LogP contribution in [0.2, 0.25) is 0 Å². The molecule has 1 heterocycles. The minimum atomic E-state index is -0.526. The van der Waals surface area contributed by atoms with Crippen molar-refractivity contribution in [3.63, 3.8) is 0 Å². The number of methoxy groups -OCH3 is 1. The van der Waals surface area contributed by atoms with Crippen LogP contribution in [0.4, 0.5) is 0 Å². The molecule has 0 spiro atoms. The highest BCUT2D eigenvalue weighted by Crippen LogP contribution is 2.33. The van der Waals surface area contributed by atoms with Crippen LogP contribution in [0.25, 0.3) is 0 Å². The van der Waals surface area contributed by atoms with Gasteiger partial charge in [0.05, 0.1) is 12.7 Å². The summed E-state index contributed by atoms with van der Waals surface area (Å²) in [7, 11) is 1.55. The summed E-state index contributed by atoms with van der Waals surface area (Å²) in [6.45, 7) is 6.47. The molecule has 1 fully saturated rings. The van der Waals surface area contributed by atoms with Gasteiger partial charge in [0.1, 0.15) is 19.2 Å². The van der Waals surface area contributed by atoms with E-state index in [1.165, 1.54) is 0 Å². The van der Waals surface area contributed by atoms with Gasteiger partial charge in [0.15, 0.2) is 5.79 Å². The van der Waals surface area contributed by atoms with Crippen molar-refractivity contribution in [1.82, 2.24) is 0 Å². The van der Waals surface area contributed by atoms with Gasteiger partial charge in [-0.25, -0.2) is 0 Å². The van der Waals surface area contributed by atoms with Gasteiger partial charge in [-0.15, -0.1) is 0 Å². The van der Waals surface area contributed by atoms with Crippen LogP contribution in [0.15, 0.2) is 0 Å². The van der Waals surface area contributed by atoms with Crippen LogP contribution in [0, 0.1) is 5.92 Å². The van der Waals surface area contributed by atoms with Crippen LogP contribution in [-0.2, 0) is 23.7 Å². The average Bonchev–Trinajstić information content (AvgIpc) is 2.84. The summed E-state index contributed by atoms with van der Waals surface area (Å²) in [5.74, 6) is -0.777. The van der Waals surface area contributed by atoms with Crippen LogP contribution >= 0.6 is 0 Å². The van der Waals surface area contributed by atoms with Gasteiger partial charge in [-0.05, 0) is 12.8 Å². The second-order valence-electron chi connectivity index (χ2n) is 4.62. The van der Waals surface area contributed by atoms with E-state index in [9.17, 15) is 4.79 Å². The molecule has 0 unspecified atom stereocenters. The van der Waals surface area contributed by atoms with Crippen molar-refractivity contribution in [2.75, 3.05) is 20.5 Å². The molecule has 1 saturated heterocycles. The van der Waals surface area contributed by atoms with Crippen LogP contribution in [0.1, 0.15) is 33.6 Å². The van der Waals surface area contributed by atoms with E-state index in [0.29, 0.717) is 6.61 Å². The highest BCUT2D eigenvalue weighted by molar-refractivity contribution is 5.54. The van der Waals surface area contributed by atoms with Crippen LogP contribution in [0.3, 0.4) is 0 Å². The average molecular weight is 260 g/mol. The van der Waals surface area contributed by atoms with Gasteiger partial charge in [0, 0.05) is 13.0 Å². The largest absolute Gasteiger partial charge is 0.359 e. The van der Waals surface area contributed by atoms with Crippen molar-refractivity contribution in [2.24, 2.45) is 5.92 Å². The van der Waals surface area contributed by atoms with Crippen molar-refractivity contribution in [3.05, 3.63) is 0 Å². The summed E-state index contributed by atoms with van der Waals surface area (Å²) in [6, 6.07) is 0. The quantitative estimate of drug-likeness (QED) is 0.491. The number of rotatable bonds is 8. The molecular formula is C13H24O5. The van der Waals surface area contributed by atoms with Crippen molar-refractivity contribution in [1.29, 1.82) is 0 Å². The molecular weight excluding hydrogens is 236 g/mol. The third-order valence-electron chi connectivity index (χ3n) is 3.43. The molecule has 5 nitrogen and oxygen atoms in total. The number of carbonyl (C=O) groups excluding carboxylic acids is 1. The second kappa shape index (κ2) is 7.19. The van der Waals surface area contributed by atoms with E-state index in [-0.39, 0.29) is 24.9 Å². The highest BCUT2D eigenvalue weighted by Gasteiger charge is 2.43. The van der Waals surface area contributed by atoms with E-state index >= 15 is 0 Å². The topological polar surface area (TPSA) is 54.0 Å². The lowest BCUT2D eigenvalue weighted by molar-refractivity contribution is -0.197. The first-order valence-corrected chi connectivity index (χ1v) is 6.50. The second-order valence-corrected chi connectivity index (χ2v) is 4.62. The number of ether oxygens (including phenoxy) is 4. The fraction of sp³-hybridized carbons (Fsp3) is 0.923. The lowest BCUT2D eigenvalue weighted by atomic mass is 10.0. The van der Waals surface area contributed by atoms with Crippen LogP contribution in [0.5, 0.6) is 0 Å². The lowest BCUT2D eigenvalue weighted by Crippen LogP contribution is -2.39. The van der Waals surface area contributed by atoms with E-state index in [1.54, 1.807) is 7.11 Å². The van der Waals surface area contributed by atoms with Crippen LogP contribution < -0.4 is 0 Å². The standard InChI is InChI=1S/C13H24O5/c1-5-13(6-2)17-8-11(18-13)12(10(3)7-14)16-9-15-4/h7,10-12H,5-6,8-9H2,1-4H3/t10-,11-,12+/m1/s1. The zero-order valence-corrected chi connectivity index (χ0v) is 11.7. The van der Waals surface area contributed by atoms with Crippen LogP contribution in [-0.4, -0.2) is 44.8 Å². The summed E-state index contributed by atoms with van der Waals surface area (Å²) in [5.41, 5.74) is 0. The third kappa shape index (κ3) is 3.51. The SMILES string of the molecule is CCC1(CC)OC[C@H]([C@@H](OCOC)[C@H](C)C=O)O1. The molecule has 1 aliphatic rings. The van der Waals surface area contributed by atoms with Gasteiger partial charge in [-0.3, -0.25) is 0 Å². The van der Waals surface area contributed by atoms with Crippen molar-refractivity contribution >= 4 is 6.29 Å². The Labute approximate surface area is 109 Å². The van der Waals surface area contributed by atoms with Gasteiger partial charge < -0.3 is 23.7 Å². The molecule has 0 bridgehead atoms. The Bertz CT molecular complexity index is 252. The molecule has 1 aliphatic heterocycles. The Morgan fingerprint density at radius 2 is 2.11 bits per heavy atom. The molecule has 5 heteroatoms. The third-order valence-corrected chi connectivity index (χ3v) is 3.43. The summed E-state index contributed by atoms with van der Waals surface area (Å²) in [5, 5.41) is 0. The van der Waals surface area contributed by atoms with Gasteiger partial charge in [-0.2, -0.15) is 0 Å². The van der Waals surface area contributed by atoms with Gasteiger partial charge in [0.25, 0.3) is 0 Å². The number of aldehydes is 1. The first kappa shape index (κ1) is 15.6. The van der Waals surface area contributed by atoms with Crippen molar-refractivity contribution in [2.45, 2.75) is 51.6 Å². The highest BCUT2D eigenvalue weighted by atomic mass is 16.8. The van der Waals surface area contributed by atoms with E-state index < -0.39 is 5.79 Å². The maximum Gasteiger partial charge on any atom is 0.168 e. The summed E-state index contributed by atoms with van der Waals surface area (Å²) < 4.78 is 22.2. The summed E-state index contributed by atoms with van der Waals surface area (Å²) >= 11 is 0. The summed E-state index contributed by atoms with van der Waals surface area (Å²) in [6.07, 6.45) is 1.89. The molecule has 0 N–H and O–H groups in total. The Morgan fingerprint density at radius 1 is 1.44 bits per heavy atom. The molecule has 0 aromatic heterocycles. The molecule has 3 atom stereocenters. The van der Waals surface area contributed by atoms with E-state index in [0.717, 1.165) is 19.1 Å². The monoisotopic (exact) mass is 260 g/mol. The van der Waals surface area contributed by atoms with Gasteiger partial charge >= 0.3 is 0 Å². The van der Waals surface area contributed by atoms with E-state index in [4.69, 9.17) is 18.9 Å². The fourth-order valence-electron chi connectivity index (χ4n) is 2.18. The molecule has 1 rings (SSSR count). The molecule has 0 aliphatic carbocycles. The predicted molar refractivity (Wildman–Crippen MR) is 66.1 cm³/mol. The van der Waals surface area contributed by atoms with E-state index in [1.807, 2.05) is 20.8 Å². The maximum absolute atomic E-state index is 10.9. The van der Waals surface area contributed by atoms with E-state index in [2.05, 4.69) is 0 Å². The molecule has 0 saturated carbocycles. The molecule has 0 aromatic carbocycles. The first-order valence-electron chi connectivity index (χ1n) is 6.50.